The molecule has 0 unspecified atom stereocenters. The van der Waals surface area contributed by atoms with E-state index in [2.05, 4.69) is 4.72 Å². The molecule has 0 spiro atoms. The molecule has 23 heavy (non-hydrogen) atoms. The fourth-order valence-corrected chi connectivity index (χ4v) is 3.38. The summed E-state index contributed by atoms with van der Waals surface area (Å²) in [4.78, 5) is 0. The maximum atomic E-state index is 14.0. The molecule has 0 amide bonds. The van der Waals surface area contributed by atoms with E-state index in [0.717, 1.165) is 5.56 Å². The second-order valence-electron chi connectivity index (χ2n) is 7.24. The summed E-state index contributed by atoms with van der Waals surface area (Å²) in [7, 11) is 0. The number of halogens is 2. The third-order valence-corrected chi connectivity index (χ3v) is 5.96. The summed E-state index contributed by atoms with van der Waals surface area (Å²) in [6, 6.07) is 8.87. The summed E-state index contributed by atoms with van der Waals surface area (Å²) in [5.41, 5.74) is -0.326. The first-order valence-electron chi connectivity index (χ1n) is 7.76. The van der Waals surface area contributed by atoms with Gasteiger partial charge in [0.15, 0.2) is 0 Å². The van der Waals surface area contributed by atoms with Crippen LogP contribution in [0.5, 0.6) is 0 Å². The van der Waals surface area contributed by atoms with Gasteiger partial charge in [0.25, 0.3) is 5.92 Å². The van der Waals surface area contributed by atoms with Gasteiger partial charge in [-0.05, 0) is 33.3 Å². The van der Waals surface area contributed by atoms with E-state index in [0.29, 0.717) is 6.61 Å². The second-order valence-corrected chi connectivity index (χ2v) is 9.23. The first-order valence-corrected chi connectivity index (χ1v) is 8.91. The van der Waals surface area contributed by atoms with Gasteiger partial charge in [0.2, 0.25) is 0 Å². The van der Waals surface area contributed by atoms with Crippen LogP contribution in [0.4, 0.5) is 8.78 Å². The van der Waals surface area contributed by atoms with Crippen LogP contribution in [-0.2, 0) is 22.7 Å². The minimum Gasteiger partial charge on any atom is -0.598 e. The normalized spacial score (nSPS) is 25.9. The number of rotatable bonds is 7. The van der Waals surface area contributed by atoms with E-state index in [1.165, 1.54) is 0 Å². The predicted octanol–water partition coefficient (Wildman–Crippen LogP) is 3.67. The van der Waals surface area contributed by atoms with Gasteiger partial charge in [-0.2, -0.15) is 0 Å². The molecule has 0 aromatic heterocycles. The summed E-state index contributed by atoms with van der Waals surface area (Å²) < 4.78 is 48.0. The Balaban J connectivity index is 1.94. The highest BCUT2D eigenvalue weighted by molar-refractivity contribution is 7.90. The Labute approximate surface area is 140 Å². The van der Waals surface area contributed by atoms with Crippen LogP contribution in [0.3, 0.4) is 0 Å². The summed E-state index contributed by atoms with van der Waals surface area (Å²) in [5.74, 6) is -2.78. The summed E-state index contributed by atoms with van der Waals surface area (Å²) in [6.45, 7) is 7.35. The van der Waals surface area contributed by atoms with Crippen LogP contribution in [0.1, 0.15) is 39.7 Å². The van der Waals surface area contributed by atoms with E-state index in [4.69, 9.17) is 4.74 Å². The van der Waals surface area contributed by atoms with Crippen molar-refractivity contribution in [2.24, 2.45) is 5.41 Å². The van der Waals surface area contributed by atoms with Gasteiger partial charge in [0, 0.05) is 17.8 Å². The van der Waals surface area contributed by atoms with Crippen molar-refractivity contribution in [1.82, 2.24) is 4.72 Å². The largest absolute Gasteiger partial charge is 0.598 e. The van der Waals surface area contributed by atoms with Gasteiger partial charge in [0.1, 0.15) is 4.75 Å². The highest BCUT2D eigenvalue weighted by atomic mass is 32.2. The van der Waals surface area contributed by atoms with E-state index in [-0.39, 0.29) is 13.0 Å². The monoisotopic (exact) mass is 345 g/mol. The van der Waals surface area contributed by atoms with Gasteiger partial charge in [0.05, 0.1) is 24.7 Å². The van der Waals surface area contributed by atoms with Crippen molar-refractivity contribution in [1.29, 1.82) is 0 Å². The fourth-order valence-electron chi connectivity index (χ4n) is 2.48. The Hall–Kier alpha value is -0.690. The molecule has 1 aliphatic carbocycles. The molecule has 0 bridgehead atoms. The van der Waals surface area contributed by atoms with Gasteiger partial charge in [-0.15, -0.1) is 4.72 Å². The van der Waals surface area contributed by atoms with E-state index in [1.807, 2.05) is 51.1 Å². The van der Waals surface area contributed by atoms with Crippen LogP contribution >= 0.6 is 0 Å². The van der Waals surface area contributed by atoms with Gasteiger partial charge in [-0.3, -0.25) is 0 Å². The van der Waals surface area contributed by atoms with Crippen molar-refractivity contribution in [3.63, 3.8) is 0 Å². The lowest BCUT2D eigenvalue weighted by atomic mass is 9.99. The van der Waals surface area contributed by atoms with Crippen LogP contribution < -0.4 is 4.72 Å². The smallest absolute Gasteiger partial charge is 0.258 e. The molecule has 0 radical (unpaired) electrons. The molecular formula is C17H25F2NO2S. The number of alkyl halides is 2. The average Bonchev–Trinajstić information content (AvgIpc) is 3.02. The van der Waals surface area contributed by atoms with Gasteiger partial charge in [-0.1, -0.05) is 30.3 Å². The molecule has 0 saturated heterocycles. The highest BCUT2D eigenvalue weighted by Gasteiger charge is 2.74. The first-order chi connectivity index (χ1) is 10.6. The summed E-state index contributed by atoms with van der Waals surface area (Å²) in [6.07, 6.45) is -0.232. The molecule has 1 aliphatic rings. The second kappa shape index (κ2) is 6.67. The van der Waals surface area contributed by atoms with E-state index < -0.39 is 33.5 Å². The van der Waals surface area contributed by atoms with Gasteiger partial charge >= 0.3 is 0 Å². The van der Waals surface area contributed by atoms with Crippen LogP contribution in [0.15, 0.2) is 30.3 Å². The van der Waals surface area contributed by atoms with Crippen LogP contribution in [0, 0.1) is 5.41 Å². The van der Waals surface area contributed by atoms with E-state index in [1.54, 1.807) is 6.92 Å². The molecule has 0 aliphatic heterocycles. The number of hydrogen-bond acceptors (Lipinski definition) is 3. The molecule has 1 aromatic carbocycles. The summed E-state index contributed by atoms with van der Waals surface area (Å²) in [5, 5.41) is 0. The van der Waals surface area contributed by atoms with Crippen molar-refractivity contribution in [3.8, 4) is 0 Å². The number of hydrogen-bond donors (Lipinski definition) is 1. The average molecular weight is 345 g/mol. The fraction of sp³-hybridized carbons (Fsp3) is 0.647. The Morgan fingerprint density at radius 1 is 1.30 bits per heavy atom. The number of nitrogens with one attached hydrogen (secondary N) is 1. The van der Waals surface area contributed by atoms with E-state index >= 15 is 0 Å². The number of benzene rings is 1. The van der Waals surface area contributed by atoms with Crippen LogP contribution in [0.25, 0.3) is 0 Å². The van der Waals surface area contributed by atoms with Crippen LogP contribution in [0.2, 0.25) is 0 Å². The van der Waals surface area contributed by atoms with Crippen molar-refractivity contribution >= 4 is 11.4 Å². The molecule has 1 saturated carbocycles. The topological polar surface area (TPSA) is 44.3 Å². The summed E-state index contributed by atoms with van der Waals surface area (Å²) >= 11 is -1.39. The Morgan fingerprint density at radius 2 is 1.87 bits per heavy atom. The lowest BCUT2D eigenvalue weighted by Crippen LogP contribution is -2.49. The van der Waals surface area contributed by atoms with Crippen LogP contribution in [-0.4, -0.2) is 27.9 Å². The SMILES string of the molecule is C[C@H](N[S@@+]([O-])C(C)(C)C)[C@@]1(COCc2ccccc2)CC1(F)F. The maximum absolute atomic E-state index is 14.0. The molecule has 6 heteroatoms. The zero-order valence-corrected chi connectivity index (χ0v) is 14.9. The van der Waals surface area contributed by atoms with Crippen molar-refractivity contribution < 1.29 is 18.1 Å². The molecule has 1 N–H and O–H groups in total. The maximum Gasteiger partial charge on any atom is 0.258 e. The predicted molar refractivity (Wildman–Crippen MR) is 88.6 cm³/mol. The molecule has 130 valence electrons. The molecule has 1 aromatic rings. The number of ether oxygens (including phenoxy) is 1. The molecule has 0 heterocycles. The Bertz CT molecular complexity index is 521. The minimum atomic E-state index is -2.78. The zero-order chi connectivity index (χ0) is 17.3. The van der Waals surface area contributed by atoms with Crippen molar-refractivity contribution in [2.45, 2.75) is 57.4 Å². The lowest BCUT2D eigenvalue weighted by Gasteiger charge is -2.30. The molecule has 3 atom stereocenters. The third kappa shape index (κ3) is 4.24. The quantitative estimate of drug-likeness (QED) is 0.767. The highest BCUT2D eigenvalue weighted by Crippen LogP contribution is 2.62. The van der Waals surface area contributed by atoms with Gasteiger partial charge in [-0.25, -0.2) is 8.78 Å². The molecule has 3 nitrogen and oxygen atoms in total. The Kier molecular flexibility index (Phi) is 5.41. The lowest BCUT2D eigenvalue weighted by molar-refractivity contribution is -0.00771. The first kappa shape index (κ1) is 18.6. The van der Waals surface area contributed by atoms with Gasteiger partial charge < -0.3 is 9.29 Å². The molecule has 2 rings (SSSR count). The van der Waals surface area contributed by atoms with Crippen molar-refractivity contribution in [2.75, 3.05) is 6.61 Å². The molecular weight excluding hydrogens is 320 g/mol. The molecule has 1 fully saturated rings. The minimum absolute atomic E-state index is 0.0512. The Morgan fingerprint density at radius 3 is 2.35 bits per heavy atom. The zero-order valence-electron chi connectivity index (χ0n) is 14.1. The third-order valence-electron chi connectivity index (χ3n) is 4.28. The van der Waals surface area contributed by atoms with E-state index in [9.17, 15) is 13.3 Å². The van der Waals surface area contributed by atoms with Crippen molar-refractivity contribution in [3.05, 3.63) is 35.9 Å². The standard InChI is InChI=1S/C17H25F2NO2S/c1-13(20-23(21)15(2,3)4)16(11-17(16,18)19)12-22-10-14-8-6-5-7-9-14/h5-9,13,20H,10-12H2,1-4H3/t13-,16-,23-/m0/s1.